The molecule has 0 saturated carbocycles. The van der Waals surface area contributed by atoms with Gasteiger partial charge >= 0.3 is 6.18 Å². The van der Waals surface area contributed by atoms with Crippen LogP contribution >= 0.6 is 0 Å². The topological polar surface area (TPSA) is 33.0 Å². The largest absolute Gasteiger partial charge is 0.496 e. The van der Waals surface area contributed by atoms with Gasteiger partial charge in [0.15, 0.2) is 0 Å². The van der Waals surface area contributed by atoms with Gasteiger partial charge in [-0.1, -0.05) is 0 Å². The zero-order valence-corrected chi connectivity index (χ0v) is 9.72. The van der Waals surface area contributed by atoms with E-state index in [0.29, 0.717) is 0 Å². The molecule has 0 unspecified atom stereocenters. The molecule has 0 bridgehead atoms. The Morgan fingerprint density at radius 3 is 2.24 bits per heavy atom. The Balaban J connectivity index is 3.42. The van der Waals surface area contributed by atoms with Gasteiger partial charge in [-0.05, 0) is 32.0 Å². The van der Waals surface area contributed by atoms with Gasteiger partial charge < -0.3 is 4.74 Å². The third kappa shape index (κ3) is 2.70. The Morgan fingerprint density at radius 2 is 1.82 bits per heavy atom. The summed E-state index contributed by atoms with van der Waals surface area (Å²) >= 11 is 0. The SMILES string of the molecule is COc1ccc(C(F)(F)F)cc1C(C)(C)C#N. The molecule has 0 amide bonds. The van der Waals surface area contributed by atoms with Crippen LogP contribution in [-0.2, 0) is 11.6 Å². The molecule has 1 rings (SSSR count). The minimum Gasteiger partial charge on any atom is -0.496 e. The first-order chi connectivity index (χ1) is 7.72. The number of halogens is 3. The summed E-state index contributed by atoms with van der Waals surface area (Å²) in [4.78, 5) is 0. The normalized spacial score (nSPS) is 12.1. The number of hydrogen-bond donors (Lipinski definition) is 0. The predicted molar refractivity (Wildman–Crippen MR) is 56.6 cm³/mol. The molecular weight excluding hydrogens is 231 g/mol. The Hall–Kier alpha value is -1.70. The van der Waals surface area contributed by atoms with Crippen LogP contribution < -0.4 is 4.74 Å². The number of alkyl halides is 3. The van der Waals surface area contributed by atoms with Crippen LogP contribution in [0.2, 0.25) is 0 Å². The minimum absolute atomic E-state index is 0.234. The van der Waals surface area contributed by atoms with Crippen LogP contribution in [0.1, 0.15) is 25.0 Å². The van der Waals surface area contributed by atoms with E-state index < -0.39 is 17.2 Å². The summed E-state index contributed by atoms with van der Waals surface area (Å²) < 4.78 is 42.7. The van der Waals surface area contributed by atoms with E-state index in [4.69, 9.17) is 10.00 Å². The summed E-state index contributed by atoms with van der Waals surface area (Å²) in [6.45, 7) is 3.09. The number of hydrogen-bond acceptors (Lipinski definition) is 2. The molecule has 92 valence electrons. The van der Waals surface area contributed by atoms with E-state index in [1.165, 1.54) is 13.2 Å². The lowest BCUT2D eigenvalue weighted by Gasteiger charge is -2.20. The first-order valence-electron chi connectivity index (χ1n) is 4.89. The van der Waals surface area contributed by atoms with E-state index >= 15 is 0 Å². The lowest BCUT2D eigenvalue weighted by Crippen LogP contribution is -2.17. The molecule has 0 heterocycles. The number of methoxy groups -OCH3 is 1. The first kappa shape index (κ1) is 13.4. The molecule has 2 nitrogen and oxygen atoms in total. The summed E-state index contributed by atoms with van der Waals surface area (Å²) in [5.74, 6) is 0.282. The standard InChI is InChI=1S/C12H12F3NO/c1-11(2,7-16)9-6-8(12(13,14)15)4-5-10(9)17-3/h4-6H,1-3H3. The van der Waals surface area contributed by atoms with Gasteiger partial charge in [0.05, 0.1) is 24.2 Å². The highest BCUT2D eigenvalue weighted by molar-refractivity contribution is 5.45. The quantitative estimate of drug-likeness (QED) is 0.796. The fourth-order valence-electron chi connectivity index (χ4n) is 1.43. The van der Waals surface area contributed by atoms with E-state index in [9.17, 15) is 13.2 Å². The van der Waals surface area contributed by atoms with Gasteiger partial charge in [-0.2, -0.15) is 18.4 Å². The second-order valence-electron chi connectivity index (χ2n) is 4.15. The van der Waals surface area contributed by atoms with Gasteiger partial charge in [-0.25, -0.2) is 0 Å². The van der Waals surface area contributed by atoms with Gasteiger partial charge in [0.25, 0.3) is 0 Å². The van der Waals surface area contributed by atoms with Gasteiger partial charge in [0.1, 0.15) is 5.75 Å². The molecule has 0 fully saturated rings. The molecule has 0 aromatic heterocycles. The average Bonchev–Trinajstić information content (AvgIpc) is 2.27. The predicted octanol–water partition coefficient (Wildman–Crippen LogP) is 3.52. The fourth-order valence-corrected chi connectivity index (χ4v) is 1.43. The Morgan fingerprint density at radius 1 is 1.24 bits per heavy atom. The molecule has 0 aliphatic heterocycles. The van der Waals surface area contributed by atoms with Crippen molar-refractivity contribution >= 4 is 0 Å². The molecule has 0 saturated heterocycles. The molecule has 0 N–H and O–H groups in total. The van der Waals surface area contributed by atoms with Crippen molar-refractivity contribution < 1.29 is 17.9 Å². The lowest BCUT2D eigenvalue weighted by molar-refractivity contribution is -0.137. The zero-order chi connectivity index (χ0) is 13.3. The summed E-state index contributed by atoms with van der Waals surface area (Å²) in [7, 11) is 1.36. The van der Waals surface area contributed by atoms with Crippen molar-refractivity contribution in [2.75, 3.05) is 7.11 Å². The van der Waals surface area contributed by atoms with Crippen molar-refractivity contribution in [2.24, 2.45) is 0 Å². The van der Waals surface area contributed by atoms with Crippen LogP contribution in [0, 0.1) is 11.3 Å². The van der Waals surface area contributed by atoms with Gasteiger partial charge in [-0.3, -0.25) is 0 Å². The molecule has 0 spiro atoms. The third-order valence-electron chi connectivity index (χ3n) is 2.48. The van der Waals surface area contributed by atoms with E-state index in [2.05, 4.69) is 0 Å². The van der Waals surface area contributed by atoms with E-state index in [1.54, 1.807) is 13.8 Å². The maximum Gasteiger partial charge on any atom is 0.416 e. The van der Waals surface area contributed by atoms with Crippen LogP contribution in [0.25, 0.3) is 0 Å². The molecular formula is C12H12F3NO. The number of nitrogens with zero attached hydrogens (tertiary/aromatic N) is 1. The maximum absolute atomic E-state index is 12.6. The number of nitriles is 1. The molecule has 0 aliphatic carbocycles. The van der Waals surface area contributed by atoms with Gasteiger partial charge in [0, 0.05) is 5.56 Å². The van der Waals surface area contributed by atoms with Gasteiger partial charge in [-0.15, -0.1) is 0 Å². The van der Waals surface area contributed by atoms with Crippen LogP contribution in [0.15, 0.2) is 18.2 Å². The molecule has 5 heteroatoms. The first-order valence-corrected chi connectivity index (χ1v) is 4.89. The second kappa shape index (κ2) is 4.28. The highest BCUT2D eigenvalue weighted by atomic mass is 19.4. The number of ether oxygens (including phenoxy) is 1. The summed E-state index contributed by atoms with van der Waals surface area (Å²) in [5, 5.41) is 8.97. The van der Waals surface area contributed by atoms with Crippen molar-refractivity contribution in [2.45, 2.75) is 25.4 Å². The third-order valence-corrected chi connectivity index (χ3v) is 2.48. The summed E-state index contributed by atoms with van der Waals surface area (Å²) in [5.41, 5.74) is -1.58. The van der Waals surface area contributed by atoms with Crippen LogP contribution in [0.4, 0.5) is 13.2 Å². The fraction of sp³-hybridized carbons (Fsp3) is 0.417. The summed E-state index contributed by atoms with van der Waals surface area (Å²) in [6.07, 6.45) is -4.42. The van der Waals surface area contributed by atoms with Crippen LogP contribution in [0.5, 0.6) is 5.75 Å². The Bertz CT molecular complexity index is 458. The smallest absolute Gasteiger partial charge is 0.416 e. The van der Waals surface area contributed by atoms with Crippen molar-refractivity contribution in [3.63, 3.8) is 0 Å². The monoisotopic (exact) mass is 243 g/mol. The highest BCUT2D eigenvalue weighted by Gasteiger charge is 2.33. The van der Waals surface area contributed by atoms with Crippen molar-refractivity contribution in [3.8, 4) is 11.8 Å². The number of benzene rings is 1. The molecule has 0 atom stereocenters. The maximum atomic E-state index is 12.6. The average molecular weight is 243 g/mol. The van der Waals surface area contributed by atoms with Crippen molar-refractivity contribution in [3.05, 3.63) is 29.3 Å². The highest BCUT2D eigenvalue weighted by Crippen LogP contribution is 2.37. The Labute approximate surface area is 97.6 Å². The van der Waals surface area contributed by atoms with Crippen molar-refractivity contribution in [1.29, 1.82) is 5.26 Å². The van der Waals surface area contributed by atoms with E-state index in [1.807, 2.05) is 6.07 Å². The van der Waals surface area contributed by atoms with E-state index in [0.717, 1.165) is 12.1 Å². The second-order valence-corrected chi connectivity index (χ2v) is 4.15. The van der Waals surface area contributed by atoms with Crippen LogP contribution in [0.3, 0.4) is 0 Å². The lowest BCUT2D eigenvalue weighted by atomic mass is 9.84. The molecule has 17 heavy (non-hydrogen) atoms. The number of rotatable bonds is 2. The van der Waals surface area contributed by atoms with Crippen LogP contribution in [-0.4, -0.2) is 7.11 Å². The molecule has 0 radical (unpaired) electrons. The molecule has 0 aliphatic rings. The van der Waals surface area contributed by atoms with E-state index in [-0.39, 0.29) is 11.3 Å². The summed E-state index contributed by atoms with van der Waals surface area (Å²) in [6, 6.07) is 5.10. The zero-order valence-electron chi connectivity index (χ0n) is 9.72. The van der Waals surface area contributed by atoms with Crippen molar-refractivity contribution in [1.82, 2.24) is 0 Å². The Kier molecular flexibility index (Phi) is 3.37. The van der Waals surface area contributed by atoms with Gasteiger partial charge in [0.2, 0.25) is 0 Å². The molecule has 1 aromatic rings. The minimum atomic E-state index is -4.42. The molecule has 1 aromatic carbocycles.